The number of hydrogen-bond donors (Lipinski definition) is 0. The van der Waals surface area contributed by atoms with Gasteiger partial charge in [-0.3, -0.25) is 14.5 Å². The van der Waals surface area contributed by atoms with Crippen LogP contribution < -0.4 is 0 Å². The van der Waals surface area contributed by atoms with Crippen molar-refractivity contribution >= 4 is 11.8 Å². The Morgan fingerprint density at radius 3 is 2.45 bits per heavy atom. The first-order valence-electron chi connectivity index (χ1n) is 12.2. The molecule has 2 saturated heterocycles. The number of allylic oxidation sites excluding steroid dienone is 1. The van der Waals surface area contributed by atoms with E-state index in [1.54, 1.807) is 0 Å². The highest BCUT2D eigenvalue weighted by Gasteiger charge is 2.27. The minimum absolute atomic E-state index is 0.255. The van der Waals surface area contributed by atoms with Crippen LogP contribution in [0.3, 0.4) is 0 Å². The van der Waals surface area contributed by atoms with Crippen LogP contribution in [0, 0.1) is 5.92 Å². The molecule has 0 aromatic heterocycles. The van der Waals surface area contributed by atoms with Crippen molar-refractivity contribution in [3.63, 3.8) is 0 Å². The topological polar surface area (TPSA) is 43.9 Å². The van der Waals surface area contributed by atoms with Gasteiger partial charge in [-0.15, -0.1) is 0 Å². The quantitative estimate of drug-likeness (QED) is 0.698. The van der Waals surface area contributed by atoms with Crippen LogP contribution in [0.25, 0.3) is 0 Å². The van der Waals surface area contributed by atoms with Crippen LogP contribution in [-0.4, -0.2) is 65.8 Å². The van der Waals surface area contributed by atoms with Gasteiger partial charge in [0.05, 0.1) is 0 Å². The number of likely N-dealkylation sites (tertiary alicyclic amines) is 1. The van der Waals surface area contributed by atoms with Crippen molar-refractivity contribution in [3.05, 3.63) is 47.5 Å². The number of benzene rings is 1. The van der Waals surface area contributed by atoms with Crippen LogP contribution in [0.1, 0.15) is 56.9 Å². The third-order valence-corrected chi connectivity index (χ3v) is 7.11. The van der Waals surface area contributed by atoms with E-state index in [4.69, 9.17) is 0 Å². The summed E-state index contributed by atoms with van der Waals surface area (Å²) in [6, 6.07) is 10.6. The molecule has 1 aliphatic carbocycles. The number of hydrogen-bond acceptors (Lipinski definition) is 3. The Labute approximate surface area is 187 Å². The summed E-state index contributed by atoms with van der Waals surface area (Å²) >= 11 is 0. The Morgan fingerprint density at radius 1 is 0.903 bits per heavy atom. The van der Waals surface area contributed by atoms with Crippen LogP contribution in [-0.2, 0) is 16.1 Å². The van der Waals surface area contributed by atoms with Crippen LogP contribution in [0.4, 0.5) is 0 Å². The monoisotopic (exact) mass is 423 g/mol. The lowest BCUT2D eigenvalue weighted by molar-refractivity contribution is -0.133. The van der Waals surface area contributed by atoms with Crippen molar-refractivity contribution in [2.45, 2.75) is 57.9 Å². The maximum Gasteiger partial charge on any atom is 0.249 e. The Morgan fingerprint density at radius 2 is 1.71 bits per heavy atom. The lowest BCUT2D eigenvalue weighted by atomic mass is 9.91. The third kappa shape index (κ3) is 6.19. The van der Waals surface area contributed by atoms with E-state index in [1.807, 2.05) is 4.90 Å². The second-order valence-corrected chi connectivity index (χ2v) is 9.42. The molecule has 1 aromatic carbocycles. The number of piperidine rings is 1. The van der Waals surface area contributed by atoms with E-state index in [0.29, 0.717) is 12.3 Å². The van der Waals surface area contributed by atoms with Gasteiger partial charge < -0.3 is 9.80 Å². The van der Waals surface area contributed by atoms with Crippen LogP contribution in [0.5, 0.6) is 0 Å². The van der Waals surface area contributed by atoms with E-state index in [2.05, 4.69) is 46.2 Å². The maximum absolute atomic E-state index is 12.8. The average molecular weight is 424 g/mol. The van der Waals surface area contributed by atoms with Crippen molar-refractivity contribution in [2.75, 3.05) is 39.3 Å². The molecule has 0 radical (unpaired) electrons. The highest BCUT2D eigenvalue weighted by Crippen LogP contribution is 2.25. The Kier molecular flexibility index (Phi) is 7.79. The van der Waals surface area contributed by atoms with Crippen molar-refractivity contribution in [2.24, 2.45) is 5.92 Å². The first-order chi connectivity index (χ1) is 15.2. The summed E-state index contributed by atoms with van der Waals surface area (Å²) in [4.78, 5) is 32.1. The van der Waals surface area contributed by atoms with Crippen molar-refractivity contribution < 1.29 is 9.59 Å². The molecule has 4 rings (SSSR count). The van der Waals surface area contributed by atoms with Gasteiger partial charge in [-0.25, -0.2) is 0 Å². The van der Waals surface area contributed by atoms with Gasteiger partial charge >= 0.3 is 0 Å². The Bertz CT molecular complexity index is 768. The molecule has 0 spiro atoms. The molecule has 5 nitrogen and oxygen atoms in total. The van der Waals surface area contributed by atoms with E-state index < -0.39 is 0 Å². The molecule has 3 aliphatic rings. The highest BCUT2D eigenvalue weighted by atomic mass is 16.2. The molecule has 2 aliphatic heterocycles. The second-order valence-electron chi connectivity index (χ2n) is 9.42. The summed E-state index contributed by atoms with van der Waals surface area (Å²) in [5, 5.41) is 0. The SMILES string of the molecule is O=C(CC[C@H]1CCCN(C(=O)C2=CCCCC2)C1)N1CCN(Cc2ccccc2)CC1. The zero-order valence-electron chi connectivity index (χ0n) is 18.8. The fraction of sp³-hybridized carbons (Fsp3) is 0.615. The minimum atomic E-state index is 0.255. The summed E-state index contributed by atoms with van der Waals surface area (Å²) in [6.07, 6.45) is 10.2. The molecule has 0 unspecified atom stereocenters. The van der Waals surface area contributed by atoms with E-state index in [1.165, 1.54) is 12.0 Å². The second kappa shape index (κ2) is 10.9. The zero-order valence-corrected chi connectivity index (χ0v) is 18.8. The van der Waals surface area contributed by atoms with Gasteiger partial charge in [0.25, 0.3) is 0 Å². The number of piperazine rings is 1. The normalized spacial score (nSPS) is 22.8. The Balaban J connectivity index is 1.18. The lowest BCUT2D eigenvalue weighted by Crippen LogP contribution is -2.48. The first kappa shape index (κ1) is 22.1. The minimum Gasteiger partial charge on any atom is -0.340 e. The van der Waals surface area contributed by atoms with Crippen molar-refractivity contribution in [1.29, 1.82) is 0 Å². The largest absolute Gasteiger partial charge is 0.340 e. The van der Waals surface area contributed by atoms with Crippen LogP contribution in [0.2, 0.25) is 0 Å². The molecule has 2 fully saturated rings. The maximum atomic E-state index is 12.8. The predicted octanol–water partition coefficient (Wildman–Crippen LogP) is 3.85. The summed E-state index contributed by atoms with van der Waals surface area (Å²) < 4.78 is 0. The zero-order chi connectivity index (χ0) is 21.5. The molecule has 2 amide bonds. The predicted molar refractivity (Wildman–Crippen MR) is 123 cm³/mol. The number of amides is 2. The molecule has 31 heavy (non-hydrogen) atoms. The Hall–Kier alpha value is -2.14. The molecule has 5 heteroatoms. The number of rotatable bonds is 6. The highest BCUT2D eigenvalue weighted by molar-refractivity contribution is 5.93. The van der Waals surface area contributed by atoms with Gasteiger partial charge in [0.15, 0.2) is 0 Å². The molecular weight excluding hydrogens is 386 g/mol. The molecule has 168 valence electrons. The number of carbonyl (C=O) groups excluding carboxylic acids is 2. The molecule has 1 aromatic rings. The van der Waals surface area contributed by atoms with E-state index >= 15 is 0 Å². The standard InChI is InChI=1S/C26H37N3O2/c30-25(28-18-16-27(17-19-28)20-22-8-3-1-4-9-22)14-13-23-10-7-15-29(21-23)26(31)24-11-5-2-6-12-24/h1,3-4,8-9,11,23H,2,5-7,10,12-21H2/t23-/m1/s1. The van der Waals surface area contributed by atoms with E-state index in [0.717, 1.165) is 89.9 Å². The van der Waals surface area contributed by atoms with Crippen molar-refractivity contribution in [3.8, 4) is 0 Å². The summed E-state index contributed by atoms with van der Waals surface area (Å²) in [5.74, 6) is 1.01. The summed E-state index contributed by atoms with van der Waals surface area (Å²) in [5.41, 5.74) is 2.36. The molecule has 1 atom stereocenters. The van der Waals surface area contributed by atoms with Gasteiger partial charge in [-0.2, -0.15) is 0 Å². The van der Waals surface area contributed by atoms with Gasteiger partial charge in [-0.1, -0.05) is 36.4 Å². The number of nitrogens with zero attached hydrogens (tertiary/aromatic N) is 3. The van der Waals surface area contributed by atoms with Crippen LogP contribution >= 0.6 is 0 Å². The fourth-order valence-corrected chi connectivity index (χ4v) is 5.20. The third-order valence-electron chi connectivity index (χ3n) is 7.11. The van der Waals surface area contributed by atoms with Crippen LogP contribution in [0.15, 0.2) is 42.0 Å². The molecular formula is C26H37N3O2. The molecule has 2 heterocycles. The van der Waals surface area contributed by atoms with Crippen molar-refractivity contribution in [1.82, 2.24) is 14.7 Å². The van der Waals surface area contributed by atoms with Gasteiger partial charge in [0, 0.05) is 57.8 Å². The first-order valence-corrected chi connectivity index (χ1v) is 12.2. The van der Waals surface area contributed by atoms with E-state index in [9.17, 15) is 9.59 Å². The summed E-state index contributed by atoms with van der Waals surface area (Å²) in [7, 11) is 0. The van der Waals surface area contributed by atoms with E-state index in [-0.39, 0.29) is 11.8 Å². The van der Waals surface area contributed by atoms with Gasteiger partial charge in [0.2, 0.25) is 11.8 Å². The molecule has 0 N–H and O–H groups in total. The molecule has 0 bridgehead atoms. The smallest absolute Gasteiger partial charge is 0.249 e. The average Bonchev–Trinajstić information content (AvgIpc) is 2.84. The summed E-state index contributed by atoms with van der Waals surface area (Å²) in [6.45, 7) is 6.22. The fourth-order valence-electron chi connectivity index (χ4n) is 5.20. The molecule has 0 saturated carbocycles. The van der Waals surface area contributed by atoms with Gasteiger partial charge in [-0.05, 0) is 56.4 Å². The lowest BCUT2D eigenvalue weighted by Gasteiger charge is -2.36. The number of carbonyl (C=O) groups is 2. The van der Waals surface area contributed by atoms with Gasteiger partial charge in [0.1, 0.15) is 0 Å².